The lowest BCUT2D eigenvalue weighted by Crippen LogP contribution is -2.21. The molecule has 0 radical (unpaired) electrons. The summed E-state index contributed by atoms with van der Waals surface area (Å²) in [6.07, 6.45) is -3.58. The van der Waals surface area contributed by atoms with Crippen molar-refractivity contribution in [3.05, 3.63) is 11.9 Å². The average molecular weight is 290 g/mol. The van der Waals surface area contributed by atoms with Crippen LogP contribution in [0, 0.1) is 5.92 Å². The Morgan fingerprint density at radius 3 is 2.65 bits per heavy atom. The van der Waals surface area contributed by atoms with E-state index in [-0.39, 0.29) is 11.6 Å². The van der Waals surface area contributed by atoms with Crippen molar-refractivity contribution in [2.45, 2.75) is 12.6 Å². The fraction of sp³-hybridized carbons (Fsp3) is 0.636. The highest BCUT2D eigenvalue weighted by Crippen LogP contribution is 2.28. The Morgan fingerprint density at radius 2 is 2.10 bits per heavy atom. The second-order valence-corrected chi connectivity index (χ2v) is 4.90. The highest BCUT2D eigenvalue weighted by atomic mass is 19.4. The van der Waals surface area contributed by atoms with Crippen molar-refractivity contribution in [3.8, 4) is 0 Å². The minimum Gasteiger partial charge on any atom is -0.370 e. The summed E-state index contributed by atoms with van der Waals surface area (Å²) in [6, 6.07) is 1.36. The minimum atomic E-state index is -4.60. The molecule has 1 atom stereocenters. The predicted molar refractivity (Wildman–Crippen MR) is 68.9 cm³/mol. The number of likely N-dealkylation sites (tertiary alicyclic amines) is 1. The molecule has 4 N–H and O–H groups in total. The molecule has 1 unspecified atom stereocenters. The summed E-state index contributed by atoms with van der Waals surface area (Å²) < 4.78 is 37.9. The molecule has 2 heterocycles. The van der Waals surface area contributed by atoms with Crippen molar-refractivity contribution < 1.29 is 13.2 Å². The van der Waals surface area contributed by atoms with Gasteiger partial charge in [-0.05, 0) is 25.9 Å². The lowest BCUT2D eigenvalue weighted by molar-refractivity contribution is -0.144. The predicted octanol–water partition coefficient (Wildman–Crippen LogP) is 1.14. The number of nitrogens with zero attached hydrogens (tertiary/aromatic N) is 3. The quantitative estimate of drug-likeness (QED) is 0.570. The van der Waals surface area contributed by atoms with E-state index in [4.69, 9.17) is 5.84 Å². The molecule has 9 heteroatoms. The molecule has 1 saturated heterocycles. The lowest BCUT2D eigenvalue weighted by atomic mass is 10.1. The molecule has 2 rings (SSSR count). The van der Waals surface area contributed by atoms with Crippen LogP contribution in [0.4, 0.5) is 24.8 Å². The Labute approximate surface area is 114 Å². The molecule has 1 fully saturated rings. The number of hydrogen-bond acceptors (Lipinski definition) is 6. The standard InChI is InChI=1S/C11H17F3N6/c1-20-3-2-7(6-20)5-16-8-4-9(19-15)18-10(17-8)11(12,13)14/h4,7H,2-3,5-6,15H2,1H3,(H2,16,17,18,19). The summed E-state index contributed by atoms with van der Waals surface area (Å²) in [5.74, 6) is 4.37. The van der Waals surface area contributed by atoms with Crippen LogP contribution in [0.2, 0.25) is 0 Å². The van der Waals surface area contributed by atoms with E-state index in [9.17, 15) is 13.2 Å². The van der Waals surface area contributed by atoms with Gasteiger partial charge in [0.2, 0.25) is 5.82 Å². The minimum absolute atomic E-state index is 0.0710. The van der Waals surface area contributed by atoms with Crippen LogP contribution < -0.4 is 16.6 Å². The van der Waals surface area contributed by atoms with Gasteiger partial charge in [-0.2, -0.15) is 13.2 Å². The van der Waals surface area contributed by atoms with E-state index in [1.165, 1.54) is 6.07 Å². The molecule has 1 aromatic heterocycles. The first-order chi connectivity index (χ1) is 9.38. The summed E-state index contributed by atoms with van der Waals surface area (Å²) in [7, 11) is 2.02. The zero-order valence-electron chi connectivity index (χ0n) is 11.0. The van der Waals surface area contributed by atoms with Crippen molar-refractivity contribution in [1.29, 1.82) is 0 Å². The van der Waals surface area contributed by atoms with Gasteiger partial charge in [0.1, 0.15) is 11.6 Å². The molecular formula is C11H17F3N6. The molecule has 0 bridgehead atoms. The molecule has 0 aromatic carbocycles. The maximum absolute atomic E-state index is 12.6. The van der Waals surface area contributed by atoms with Crippen LogP contribution in [0.3, 0.4) is 0 Å². The Morgan fingerprint density at radius 1 is 1.40 bits per heavy atom. The largest absolute Gasteiger partial charge is 0.451 e. The molecule has 112 valence electrons. The Balaban J connectivity index is 2.07. The van der Waals surface area contributed by atoms with Crippen LogP contribution >= 0.6 is 0 Å². The van der Waals surface area contributed by atoms with Crippen molar-refractivity contribution in [1.82, 2.24) is 14.9 Å². The average Bonchev–Trinajstić information content (AvgIpc) is 2.81. The molecule has 0 aliphatic carbocycles. The van der Waals surface area contributed by atoms with E-state index >= 15 is 0 Å². The van der Waals surface area contributed by atoms with Crippen LogP contribution in [-0.4, -0.2) is 41.5 Å². The van der Waals surface area contributed by atoms with Crippen molar-refractivity contribution >= 4 is 11.6 Å². The number of hydrazine groups is 1. The van der Waals surface area contributed by atoms with Gasteiger partial charge in [0, 0.05) is 19.2 Å². The van der Waals surface area contributed by atoms with Gasteiger partial charge in [-0.25, -0.2) is 15.8 Å². The molecule has 0 amide bonds. The monoisotopic (exact) mass is 290 g/mol. The first kappa shape index (κ1) is 14.8. The number of nitrogens with one attached hydrogen (secondary N) is 2. The zero-order chi connectivity index (χ0) is 14.8. The van der Waals surface area contributed by atoms with Gasteiger partial charge in [-0.15, -0.1) is 0 Å². The second-order valence-electron chi connectivity index (χ2n) is 4.90. The van der Waals surface area contributed by atoms with E-state index in [0.717, 1.165) is 19.5 Å². The van der Waals surface area contributed by atoms with Gasteiger partial charge in [-0.1, -0.05) is 0 Å². The third-order valence-electron chi connectivity index (χ3n) is 3.19. The molecule has 20 heavy (non-hydrogen) atoms. The summed E-state index contributed by atoms with van der Waals surface area (Å²) in [5, 5.41) is 2.92. The van der Waals surface area contributed by atoms with Gasteiger partial charge in [-0.3, -0.25) is 0 Å². The number of hydrogen-bond donors (Lipinski definition) is 3. The Kier molecular flexibility index (Phi) is 4.29. The van der Waals surface area contributed by atoms with Gasteiger partial charge in [0.25, 0.3) is 0 Å². The van der Waals surface area contributed by atoms with Crippen molar-refractivity contribution in [2.75, 3.05) is 37.4 Å². The number of nitrogen functional groups attached to an aromatic ring is 1. The Hall–Kier alpha value is -1.61. The molecule has 1 aromatic rings. The van der Waals surface area contributed by atoms with Crippen LogP contribution in [0.25, 0.3) is 0 Å². The van der Waals surface area contributed by atoms with E-state index < -0.39 is 12.0 Å². The fourth-order valence-corrected chi connectivity index (χ4v) is 2.18. The van der Waals surface area contributed by atoms with E-state index in [1.807, 2.05) is 7.05 Å². The third kappa shape index (κ3) is 3.70. The molecular weight excluding hydrogens is 273 g/mol. The fourth-order valence-electron chi connectivity index (χ4n) is 2.18. The van der Waals surface area contributed by atoms with E-state index in [1.54, 1.807) is 0 Å². The van der Waals surface area contributed by atoms with Crippen LogP contribution in [0.15, 0.2) is 6.07 Å². The van der Waals surface area contributed by atoms with Gasteiger partial charge < -0.3 is 15.6 Å². The maximum Gasteiger partial charge on any atom is 0.451 e. The topological polar surface area (TPSA) is 79.1 Å². The summed E-state index contributed by atoms with van der Waals surface area (Å²) >= 11 is 0. The first-order valence-corrected chi connectivity index (χ1v) is 6.24. The van der Waals surface area contributed by atoms with Crippen molar-refractivity contribution in [3.63, 3.8) is 0 Å². The van der Waals surface area contributed by atoms with Crippen LogP contribution in [0.1, 0.15) is 12.2 Å². The second kappa shape index (κ2) is 5.80. The van der Waals surface area contributed by atoms with Crippen molar-refractivity contribution in [2.24, 2.45) is 11.8 Å². The van der Waals surface area contributed by atoms with Gasteiger partial charge in [0.15, 0.2) is 0 Å². The first-order valence-electron chi connectivity index (χ1n) is 6.24. The Bertz CT molecular complexity index is 464. The highest BCUT2D eigenvalue weighted by molar-refractivity contribution is 5.47. The van der Waals surface area contributed by atoms with Gasteiger partial charge in [0.05, 0.1) is 0 Å². The number of aromatic nitrogens is 2. The van der Waals surface area contributed by atoms with Crippen LogP contribution in [0.5, 0.6) is 0 Å². The lowest BCUT2D eigenvalue weighted by Gasteiger charge is -2.14. The number of halogens is 3. The molecule has 0 saturated carbocycles. The van der Waals surface area contributed by atoms with Crippen LogP contribution in [-0.2, 0) is 6.18 Å². The van der Waals surface area contributed by atoms with E-state index in [0.29, 0.717) is 12.5 Å². The summed E-state index contributed by atoms with van der Waals surface area (Å²) in [4.78, 5) is 8.95. The maximum atomic E-state index is 12.6. The SMILES string of the molecule is CN1CCC(CNc2cc(NN)nc(C(F)(F)F)n2)C1. The molecule has 6 nitrogen and oxygen atoms in total. The van der Waals surface area contributed by atoms with E-state index in [2.05, 4.69) is 25.6 Å². The highest BCUT2D eigenvalue weighted by Gasteiger charge is 2.35. The third-order valence-corrected chi connectivity index (χ3v) is 3.19. The number of nitrogens with two attached hydrogens (primary N) is 1. The molecule has 1 aliphatic rings. The molecule has 1 aliphatic heterocycles. The summed E-state index contributed by atoms with van der Waals surface area (Å²) in [5.41, 5.74) is 2.12. The molecule has 0 spiro atoms. The summed E-state index contributed by atoms with van der Waals surface area (Å²) in [6.45, 7) is 2.49. The number of alkyl halides is 3. The number of rotatable bonds is 4. The number of anilines is 2. The smallest absolute Gasteiger partial charge is 0.370 e. The zero-order valence-corrected chi connectivity index (χ0v) is 11.0. The van der Waals surface area contributed by atoms with Gasteiger partial charge >= 0.3 is 6.18 Å². The normalized spacial score (nSPS) is 20.1.